The van der Waals surface area contributed by atoms with E-state index in [1.165, 1.54) is 141 Å². The normalized spacial score (nSPS) is 12.8. The molecule has 3 N–H and O–H groups in total. The molecule has 0 spiro atoms. The molecular formula is C61H104O6. The molecule has 0 aliphatic rings. The van der Waals surface area contributed by atoms with E-state index in [1.54, 1.807) is 0 Å². The van der Waals surface area contributed by atoms with E-state index >= 15 is 0 Å². The highest BCUT2D eigenvalue weighted by atomic mass is 16.5. The molecule has 0 heterocycles. The van der Waals surface area contributed by atoms with Crippen molar-refractivity contribution in [3.05, 3.63) is 57.6 Å². The van der Waals surface area contributed by atoms with Crippen LogP contribution in [0.5, 0.6) is 11.5 Å². The standard InChI is InChI=1S/C61H104O6/c1-14-15-16-17-18-19-20-21-22-23-24-25-26-27-28-29-30-31-32-33-34-35-36-37-38-39-40-67-56(66)61(55(64)65,45-47-41-49(57(2,3)4)43-51(53(47)62)59(8,9)10)46-48-42-50(58(5,6)7)44-52(54(48)63)60(11,12)13/h41-44,62-63H,14-40,45-46H2,1-13H3,(H,64,65). The van der Waals surface area contributed by atoms with Gasteiger partial charge >= 0.3 is 11.9 Å². The molecule has 0 atom stereocenters. The van der Waals surface area contributed by atoms with Gasteiger partial charge in [0.2, 0.25) is 0 Å². The highest BCUT2D eigenvalue weighted by molar-refractivity contribution is 6.00. The maximum Gasteiger partial charge on any atom is 0.324 e. The average molecular weight is 933 g/mol. The highest BCUT2D eigenvalue weighted by Gasteiger charge is 2.50. The fourth-order valence-electron chi connectivity index (χ4n) is 9.48. The first kappa shape index (κ1) is 60.1. The summed E-state index contributed by atoms with van der Waals surface area (Å²) in [5.74, 6) is -2.18. The van der Waals surface area contributed by atoms with E-state index in [4.69, 9.17) is 4.74 Å². The maximum atomic E-state index is 14.5. The Morgan fingerprint density at radius 3 is 0.925 bits per heavy atom. The van der Waals surface area contributed by atoms with E-state index in [1.807, 2.05) is 65.8 Å². The van der Waals surface area contributed by atoms with Crippen molar-refractivity contribution in [2.75, 3.05) is 6.61 Å². The Kier molecular flexibility index (Phi) is 26.2. The second-order valence-electron chi connectivity index (χ2n) is 24.8. The molecule has 67 heavy (non-hydrogen) atoms. The minimum absolute atomic E-state index is 0.00243. The number of benzene rings is 2. The Labute approximate surface area is 412 Å². The number of unbranched alkanes of at least 4 members (excludes halogenated alkanes) is 25. The third kappa shape index (κ3) is 21.7. The minimum Gasteiger partial charge on any atom is -0.507 e. The van der Waals surface area contributed by atoms with Crippen LogP contribution in [-0.2, 0) is 48.8 Å². The largest absolute Gasteiger partial charge is 0.507 e. The van der Waals surface area contributed by atoms with E-state index in [9.17, 15) is 24.9 Å². The monoisotopic (exact) mass is 933 g/mol. The number of phenols is 2. The van der Waals surface area contributed by atoms with Crippen molar-refractivity contribution in [3.8, 4) is 11.5 Å². The molecule has 0 bridgehead atoms. The number of esters is 1. The summed E-state index contributed by atoms with van der Waals surface area (Å²) in [5, 5.41) is 35.0. The molecule has 0 aromatic heterocycles. The predicted molar refractivity (Wildman–Crippen MR) is 285 cm³/mol. The number of carbonyl (C=O) groups excluding carboxylic acids is 1. The second kappa shape index (κ2) is 29.2. The first-order valence-corrected chi connectivity index (χ1v) is 27.5. The molecule has 0 radical (unpaired) electrons. The van der Waals surface area contributed by atoms with E-state index in [0.29, 0.717) is 28.7 Å². The first-order valence-electron chi connectivity index (χ1n) is 27.5. The summed E-state index contributed by atoms with van der Waals surface area (Å²) in [6.45, 7) is 27.0. The van der Waals surface area contributed by atoms with Crippen LogP contribution in [0, 0.1) is 5.41 Å². The van der Waals surface area contributed by atoms with Crippen LogP contribution >= 0.6 is 0 Å². The van der Waals surface area contributed by atoms with Gasteiger partial charge in [-0.3, -0.25) is 9.59 Å². The van der Waals surface area contributed by atoms with Gasteiger partial charge in [0.25, 0.3) is 0 Å². The lowest BCUT2D eigenvalue weighted by Crippen LogP contribution is -2.45. The molecule has 6 nitrogen and oxygen atoms in total. The number of carboxylic acids is 1. The lowest BCUT2D eigenvalue weighted by molar-refractivity contribution is -0.169. The van der Waals surface area contributed by atoms with Crippen LogP contribution in [0.4, 0.5) is 0 Å². The van der Waals surface area contributed by atoms with E-state index < -0.39 is 28.2 Å². The summed E-state index contributed by atoms with van der Waals surface area (Å²) >= 11 is 0. The number of ether oxygens (including phenoxy) is 1. The van der Waals surface area contributed by atoms with Crippen molar-refractivity contribution in [2.24, 2.45) is 5.41 Å². The summed E-state index contributed by atoms with van der Waals surface area (Å²) in [5.41, 5.74) is 0.434. The first-order chi connectivity index (χ1) is 31.4. The van der Waals surface area contributed by atoms with Crippen LogP contribution in [0.2, 0.25) is 0 Å². The summed E-state index contributed by atoms with van der Waals surface area (Å²) in [6, 6.07) is 7.69. The van der Waals surface area contributed by atoms with Crippen molar-refractivity contribution in [1.29, 1.82) is 0 Å². The predicted octanol–water partition coefficient (Wildman–Crippen LogP) is 17.8. The number of aliphatic carboxylic acids is 1. The molecule has 0 aliphatic carbocycles. The summed E-state index contributed by atoms with van der Waals surface area (Å²) < 4.78 is 5.95. The van der Waals surface area contributed by atoms with Crippen LogP contribution in [0.1, 0.15) is 290 Å². The molecule has 6 heteroatoms. The zero-order valence-electron chi connectivity index (χ0n) is 45.9. The Hall–Kier alpha value is -3.02. The number of aromatic hydroxyl groups is 2. The van der Waals surface area contributed by atoms with E-state index in [0.717, 1.165) is 30.4 Å². The van der Waals surface area contributed by atoms with Gasteiger partial charge in [-0.2, -0.15) is 0 Å². The van der Waals surface area contributed by atoms with Crippen molar-refractivity contribution < 1.29 is 29.6 Å². The molecule has 0 amide bonds. The van der Waals surface area contributed by atoms with Crippen LogP contribution in [0.3, 0.4) is 0 Å². The highest BCUT2D eigenvalue weighted by Crippen LogP contribution is 2.44. The number of phenolic OH excluding ortho intramolecular Hbond substituents is 2. The van der Waals surface area contributed by atoms with Gasteiger partial charge in [0, 0.05) is 12.8 Å². The quantitative estimate of drug-likeness (QED) is 0.0374. The van der Waals surface area contributed by atoms with Gasteiger partial charge in [0.1, 0.15) is 11.5 Å². The van der Waals surface area contributed by atoms with Gasteiger partial charge in [0.15, 0.2) is 5.41 Å². The summed E-state index contributed by atoms with van der Waals surface area (Å²) in [7, 11) is 0. The van der Waals surface area contributed by atoms with Gasteiger partial charge in [-0.15, -0.1) is 0 Å². The third-order valence-corrected chi connectivity index (χ3v) is 14.2. The Morgan fingerprint density at radius 1 is 0.418 bits per heavy atom. The zero-order valence-corrected chi connectivity index (χ0v) is 45.9. The fourth-order valence-corrected chi connectivity index (χ4v) is 9.48. The molecular weight excluding hydrogens is 829 g/mol. The molecule has 0 saturated carbocycles. The summed E-state index contributed by atoms with van der Waals surface area (Å²) in [6.07, 6.45) is 33.7. The molecule has 2 rings (SSSR count). The molecule has 2 aromatic rings. The van der Waals surface area contributed by atoms with Crippen LogP contribution in [-0.4, -0.2) is 33.9 Å². The molecule has 0 fully saturated rings. The van der Waals surface area contributed by atoms with Crippen LogP contribution < -0.4 is 0 Å². The number of carbonyl (C=O) groups is 2. The van der Waals surface area contributed by atoms with E-state index in [-0.39, 0.29) is 41.8 Å². The number of hydrogen-bond donors (Lipinski definition) is 3. The van der Waals surface area contributed by atoms with Crippen molar-refractivity contribution in [2.45, 2.75) is 291 Å². The SMILES string of the molecule is CCCCCCCCCCCCCCCCCCCCCCCCCCCCOC(=O)C(Cc1cc(C(C)(C)C)cc(C(C)(C)C)c1O)(Cc1cc(C(C)(C)C)cc(C(C)(C)C)c1O)C(=O)O. The van der Waals surface area contributed by atoms with Crippen molar-refractivity contribution in [3.63, 3.8) is 0 Å². The van der Waals surface area contributed by atoms with Gasteiger partial charge < -0.3 is 20.1 Å². The molecule has 0 aliphatic heterocycles. The van der Waals surface area contributed by atoms with Crippen molar-refractivity contribution >= 4 is 11.9 Å². The van der Waals surface area contributed by atoms with Gasteiger partial charge in [-0.05, 0) is 61.5 Å². The van der Waals surface area contributed by atoms with Gasteiger partial charge in [0.05, 0.1) is 6.61 Å². The van der Waals surface area contributed by atoms with Crippen LogP contribution in [0.25, 0.3) is 0 Å². The lowest BCUT2D eigenvalue weighted by Gasteiger charge is -2.33. The zero-order chi connectivity index (χ0) is 50.3. The minimum atomic E-state index is -2.11. The lowest BCUT2D eigenvalue weighted by atomic mass is 9.71. The fraction of sp³-hybridized carbons (Fsp3) is 0.770. The molecule has 384 valence electrons. The Balaban J connectivity index is 1.93. The Bertz CT molecular complexity index is 1640. The topological polar surface area (TPSA) is 104 Å². The average Bonchev–Trinajstić information content (AvgIpc) is 3.22. The molecule has 2 aromatic carbocycles. The number of rotatable bonds is 33. The van der Waals surface area contributed by atoms with E-state index in [2.05, 4.69) is 48.5 Å². The number of carboxylic acid groups (broad SMARTS) is 1. The summed E-state index contributed by atoms with van der Waals surface area (Å²) in [4.78, 5) is 28.4. The third-order valence-electron chi connectivity index (χ3n) is 14.2. The van der Waals surface area contributed by atoms with Gasteiger partial charge in [-0.25, -0.2) is 0 Å². The Morgan fingerprint density at radius 2 is 0.687 bits per heavy atom. The molecule has 0 unspecified atom stereocenters. The van der Waals surface area contributed by atoms with Gasteiger partial charge in [-0.1, -0.05) is 275 Å². The second-order valence-corrected chi connectivity index (χ2v) is 24.8. The smallest absolute Gasteiger partial charge is 0.324 e. The number of hydrogen-bond acceptors (Lipinski definition) is 5. The maximum absolute atomic E-state index is 14.5. The molecule has 0 saturated heterocycles. The van der Waals surface area contributed by atoms with Crippen molar-refractivity contribution in [1.82, 2.24) is 0 Å². The van der Waals surface area contributed by atoms with Crippen LogP contribution in [0.15, 0.2) is 24.3 Å².